The van der Waals surface area contributed by atoms with Crippen LogP contribution in [0.5, 0.6) is 0 Å². The molecule has 0 unspecified atom stereocenters. The average Bonchev–Trinajstić information content (AvgIpc) is 3.29. The molecule has 0 spiro atoms. The molecule has 2 nitrogen and oxygen atoms in total. The second-order valence-electron chi connectivity index (χ2n) is 10.3. The molecule has 1 saturated carbocycles. The van der Waals surface area contributed by atoms with Gasteiger partial charge in [-0.15, -0.1) is 0 Å². The zero-order chi connectivity index (χ0) is 20.7. The van der Waals surface area contributed by atoms with E-state index in [0.29, 0.717) is 12.5 Å². The Kier molecular flexibility index (Phi) is 5.38. The van der Waals surface area contributed by atoms with Crippen molar-refractivity contribution in [1.29, 1.82) is 0 Å². The van der Waals surface area contributed by atoms with Crippen LogP contribution in [0.25, 0.3) is 0 Å². The summed E-state index contributed by atoms with van der Waals surface area (Å²) in [5.41, 5.74) is 6.18. The third-order valence-electron chi connectivity index (χ3n) is 7.04. The number of allylic oxidation sites excluding steroid dienone is 3. The number of carbonyl (C=O) groups is 1. The predicted molar refractivity (Wildman–Crippen MR) is 117 cm³/mol. The lowest BCUT2D eigenvalue weighted by molar-refractivity contribution is -0.137. The molecule has 0 heterocycles. The van der Waals surface area contributed by atoms with Crippen LogP contribution >= 0.6 is 0 Å². The summed E-state index contributed by atoms with van der Waals surface area (Å²) in [4.78, 5) is 11.6. The van der Waals surface area contributed by atoms with E-state index < -0.39 is 0 Å². The van der Waals surface area contributed by atoms with Gasteiger partial charge in [-0.3, -0.25) is 0 Å². The minimum Gasteiger partial charge on any atom is -0.463 e. The molecule has 0 aliphatic heterocycles. The molecule has 0 bridgehead atoms. The average molecular weight is 381 g/mol. The van der Waals surface area contributed by atoms with Gasteiger partial charge in [0, 0.05) is 6.08 Å². The molecule has 1 fully saturated rings. The number of benzene rings is 1. The van der Waals surface area contributed by atoms with Crippen LogP contribution in [-0.4, -0.2) is 12.6 Å². The fourth-order valence-corrected chi connectivity index (χ4v) is 4.64. The molecule has 2 aliphatic carbocycles. The van der Waals surface area contributed by atoms with E-state index in [2.05, 4.69) is 65.0 Å². The first-order chi connectivity index (χ1) is 13.0. The van der Waals surface area contributed by atoms with Gasteiger partial charge in [-0.05, 0) is 77.5 Å². The van der Waals surface area contributed by atoms with Gasteiger partial charge in [-0.2, -0.15) is 0 Å². The summed E-state index contributed by atoms with van der Waals surface area (Å²) < 4.78 is 4.99. The number of hydrogen-bond donors (Lipinski definition) is 0. The maximum atomic E-state index is 11.6. The zero-order valence-corrected chi connectivity index (χ0v) is 18.7. The van der Waals surface area contributed by atoms with Gasteiger partial charge in [0.15, 0.2) is 0 Å². The maximum Gasteiger partial charge on any atom is 0.330 e. The first-order valence-electron chi connectivity index (χ1n) is 10.7. The number of rotatable bonds is 5. The summed E-state index contributed by atoms with van der Waals surface area (Å²) in [6.07, 6.45) is 9.56. The second kappa shape index (κ2) is 7.21. The van der Waals surface area contributed by atoms with E-state index in [1.807, 2.05) is 13.8 Å². The van der Waals surface area contributed by atoms with Gasteiger partial charge in [0.25, 0.3) is 0 Å². The van der Waals surface area contributed by atoms with E-state index in [4.69, 9.17) is 4.74 Å². The molecule has 1 aromatic rings. The Hall–Kier alpha value is -1.83. The van der Waals surface area contributed by atoms with Gasteiger partial charge >= 0.3 is 5.97 Å². The van der Waals surface area contributed by atoms with Crippen LogP contribution in [0.1, 0.15) is 84.4 Å². The number of hydrogen-bond acceptors (Lipinski definition) is 2. The Labute approximate surface area is 171 Å². The van der Waals surface area contributed by atoms with Crippen molar-refractivity contribution in [3.63, 3.8) is 0 Å². The van der Waals surface area contributed by atoms with Crippen LogP contribution in [0, 0.1) is 5.92 Å². The van der Waals surface area contributed by atoms with Crippen molar-refractivity contribution in [2.45, 2.75) is 84.0 Å². The number of ether oxygens (including phenoxy) is 1. The minimum atomic E-state index is -0.261. The molecule has 1 aromatic carbocycles. The van der Waals surface area contributed by atoms with Crippen molar-refractivity contribution in [3.8, 4) is 0 Å². The van der Waals surface area contributed by atoms with Crippen LogP contribution in [-0.2, 0) is 25.8 Å². The number of carbonyl (C=O) groups excluding carboxylic acids is 1. The van der Waals surface area contributed by atoms with E-state index in [0.717, 1.165) is 5.57 Å². The lowest BCUT2D eigenvalue weighted by Crippen LogP contribution is -2.34. The molecule has 0 radical (unpaired) electrons. The van der Waals surface area contributed by atoms with Gasteiger partial charge < -0.3 is 4.74 Å². The zero-order valence-electron chi connectivity index (χ0n) is 18.7. The SMILES string of the molecule is CCOC(=O)C=C(C)C=C[C@H]1C[C@@]1(C)c1ccc2c(c1)C(C)(C)CCC2(C)C. The highest BCUT2D eigenvalue weighted by molar-refractivity contribution is 5.83. The van der Waals surface area contributed by atoms with Gasteiger partial charge in [-0.25, -0.2) is 4.79 Å². The Morgan fingerprint density at radius 3 is 2.39 bits per heavy atom. The van der Waals surface area contributed by atoms with E-state index in [-0.39, 0.29) is 22.2 Å². The summed E-state index contributed by atoms with van der Waals surface area (Å²) in [6.45, 7) is 16.1. The molecular formula is C26H36O2. The van der Waals surface area contributed by atoms with Gasteiger partial charge in [0.1, 0.15) is 0 Å². The Balaban J connectivity index is 1.80. The van der Waals surface area contributed by atoms with Crippen LogP contribution in [0.15, 0.2) is 42.0 Å². The summed E-state index contributed by atoms with van der Waals surface area (Å²) in [5, 5.41) is 0. The lowest BCUT2D eigenvalue weighted by Gasteiger charge is -2.42. The molecule has 3 rings (SSSR count). The van der Waals surface area contributed by atoms with Crippen LogP contribution < -0.4 is 0 Å². The number of esters is 1. The highest BCUT2D eigenvalue weighted by Gasteiger charge is 2.50. The summed E-state index contributed by atoms with van der Waals surface area (Å²) in [5.74, 6) is 0.263. The highest BCUT2D eigenvalue weighted by Crippen LogP contribution is 2.56. The van der Waals surface area contributed by atoms with Gasteiger partial charge in [0.05, 0.1) is 6.61 Å². The molecule has 0 amide bonds. The molecule has 152 valence electrons. The monoisotopic (exact) mass is 380 g/mol. The van der Waals surface area contributed by atoms with Gasteiger partial charge in [-0.1, -0.05) is 65.0 Å². The quantitative estimate of drug-likeness (QED) is 0.336. The Bertz CT molecular complexity index is 825. The summed E-state index contributed by atoms with van der Waals surface area (Å²) in [7, 11) is 0. The molecule has 2 atom stereocenters. The van der Waals surface area contributed by atoms with Crippen LogP contribution in [0.2, 0.25) is 0 Å². The molecule has 0 aromatic heterocycles. The summed E-state index contributed by atoms with van der Waals surface area (Å²) in [6, 6.07) is 7.24. The number of fused-ring (bicyclic) bond motifs is 1. The Morgan fingerprint density at radius 1 is 1.11 bits per heavy atom. The molecule has 2 heteroatoms. The van der Waals surface area contributed by atoms with E-state index in [1.165, 1.54) is 36.0 Å². The van der Waals surface area contributed by atoms with Crippen molar-refractivity contribution in [2.24, 2.45) is 5.92 Å². The smallest absolute Gasteiger partial charge is 0.330 e. The first kappa shape index (κ1) is 20.9. The largest absolute Gasteiger partial charge is 0.463 e. The van der Waals surface area contributed by atoms with Crippen molar-refractivity contribution in [1.82, 2.24) is 0 Å². The van der Waals surface area contributed by atoms with Crippen molar-refractivity contribution in [2.75, 3.05) is 6.61 Å². The van der Waals surface area contributed by atoms with Gasteiger partial charge in [0.2, 0.25) is 0 Å². The Morgan fingerprint density at radius 2 is 1.75 bits per heavy atom. The standard InChI is InChI=1S/C26H36O2/c1-8-28-23(27)15-18(2)9-10-20-17-26(20,7)19-11-12-21-22(16-19)25(5,6)14-13-24(21,3)4/h9-12,15-16,20H,8,13-14,17H2,1-7H3/t20-,26-/m0/s1. The predicted octanol–water partition coefficient (Wildman–Crippen LogP) is 6.38. The molecule has 0 N–H and O–H groups in total. The fraction of sp³-hybridized carbons (Fsp3) is 0.577. The normalized spacial score (nSPS) is 28.1. The first-order valence-corrected chi connectivity index (χ1v) is 10.7. The minimum absolute atomic E-state index is 0.202. The van der Waals surface area contributed by atoms with Crippen LogP contribution in [0.3, 0.4) is 0 Å². The molecular weight excluding hydrogens is 344 g/mol. The third-order valence-corrected chi connectivity index (χ3v) is 7.04. The van der Waals surface area contributed by atoms with E-state index in [1.54, 1.807) is 6.08 Å². The van der Waals surface area contributed by atoms with Crippen LogP contribution in [0.4, 0.5) is 0 Å². The molecule has 28 heavy (non-hydrogen) atoms. The maximum absolute atomic E-state index is 11.6. The third kappa shape index (κ3) is 3.97. The summed E-state index contributed by atoms with van der Waals surface area (Å²) >= 11 is 0. The van der Waals surface area contributed by atoms with Crippen molar-refractivity contribution in [3.05, 3.63) is 58.7 Å². The van der Waals surface area contributed by atoms with E-state index in [9.17, 15) is 4.79 Å². The highest BCUT2D eigenvalue weighted by atomic mass is 16.5. The van der Waals surface area contributed by atoms with Crippen molar-refractivity contribution < 1.29 is 9.53 Å². The molecule has 2 aliphatic rings. The molecule has 0 saturated heterocycles. The van der Waals surface area contributed by atoms with E-state index >= 15 is 0 Å². The lowest BCUT2D eigenvalue weighted by atomic mass is 9.62. The second-order valence-corrected chi connectivity index (χ2v) is 10.3. The van der Waals surface area contributed by atoms with Crippen molar-refractivity contribution >= 4 is 5.97 Å². The topological polar surface area (TPSA) is 26.3 Å². The fourth-order valence-electron chi connectivity index (χ4n) is 4.64.